The van der Waals surface area contributed by atoms with Crippen LogP contribution in [0.15, 0.2) is 77.6 Å². The van der Waals surface area contributed by atoms with Crippen LogP contribution >= 0.6 is 0 Å². The van der Waals surface area contributed by atoms with Crippen LogP contribution in [-0.4, -0.2) is 20.8 Å². The zero-order valence-electron chi connectivity index (χ0n) is 15.5. The molecule has 0 radical (unpaired) electrons. The summed E-state index contributed by atoms with van der Waals surface area (Å²) in [6, 6.07) is 19.6. The number of aromatic nitrogens is 3. The normalized spacial score (nSPS) is 10.8. The lowest BCUT2D eigenvalue weighted by molar-refractivity contribution is 0.0950. The molecule has 2 aromatic heterocycles. The SMILES string of the molecule is Cc1onc(-c2ccccc2)c1C(=O)NCc1ccc(Cn2cccn2)cc1. The second kappa shape index (κ2) is 7.92. The van der Waals surface area contributed by atoms with E-state index in [0.29, 0.717) is 23.6 Å². The van der Waals surface area contributed by atoms with E-state index in [2.05, 4.69) is 15.6 Å². The summed E-state index contributed by atoms with van der Waals surface area (Å²) >= 11 is 0. The smallest absolute Gasteiger partial charge is 0.257 e. The Labute approximate surface area is 162 Å². The zero-order valence-corrected chi connectivity index (χ0v) is 15.5. The fourth-order valence-corrected chi connectivity index (χ4v) is 3.05. The van der Waals surface area contributed by atoms with E-state index in [1.54, 1.807) is 13.1 Å². The average molecular weight is 372 g/mol. The zero-order chi connectivity index (χ0) is 19.3. The van der Waals surface area contributed by atoms with Gasteiger partial charge in [-0.25, -0.2) is 0 Å². The molecule has 0 aliphatic heterocycles. The molecule has 0 spiro atoms. The Balaban J connectivity index is 1.43. The summed E-state index contributed by atoms with van der Waals surface area (Å²) in [6.45, 7) is 2.90. The minimum Gasteiger partial charge on any atom is -0.360 e. The summed E-state index contributed by atoms with van der Waals surface area (Å²) < 4.78 is 7.14. The Hall–Kier alpha value is -3.67. The Kier molecular flexibility index (Phi) is 5.01. The molecule has 0 unspecified atom stereocenters. The highest BCUT2D eigenvalue weighted by atomic mass is 16.5. The van der Waals surface area contributed by atoms with Gasteiger partial charge in [-0.2, -0.15) is 5.10 Å². The number of nitrogens with zero attached hydrogens (tertiary/aromatic N) is 3. The van der Waals surface area contributed by atoms with Crippen LogP contribution in [0.5, 0.6) is 0 Å². The van der Waals surface area contributed by atoms with Crippen molar-refractivity contribution in [3.8, 4) is 11.3 Å². The van der Waals surface area contributed by atoms with E-state index < -0.39 is 0 Å². The van der Waals surface area contributed by atoms with Gasteiger partial charge in [0.15, 0.2) is 0 Å². The molecular weight excluding hydrogens is 352 g/mol. The highest BCUT2D eigenvalue weighted by molar-refractivity contribution is 6.00. The minimum absolute atomic E-state index is 0.196. The molecular formula is C22H20N4O2. The second-order valence-electron chi connectivity index (χ2n) is 6.53. The molecule has 0 bridgehead atoms. The molecule has 4 aromatic rings. The van der Waals surface area contributed by atoms with E-state index >= 15 is 0 Å². The third kappa shape index (κ3) is 3.86. The number of hydrogen-bond donors (Lipinski definition) is 1. The standard InChI is InChI=1S/C22H20N4O2/c1-16-20(21(25-28-16)19-6-3-2-4-7-19)22(27)23-14-17-8-10-18(11-9-17)15-26-13-5-12-24-26/h2-13H,14-15H2,1H3,(H,23,27). The molecule has 4 rings (SSSR count). The van der Waals surface area contributed by atoms with Gasteiger partial charge in [0, 0.05) is 24.5 Å². The summed E-state index contributed by atoms with van der Waals surface area (Å²) in [7, 11) is 0. The molecule has 2 aromatic carbocycles. The molecule has 140 valence electrons. The molecule has 6 heteroatoms. The van der Waals surface area contributed by atoms with Gasteiger partial charge < -0.3 is 9.84 Å². The van der Waals surface area contributed by atoms with Gasteiger partial charge in [-0.15, -0.1) is 0 Å². The summed E-state index contributed by atoms with van der Waals surface area (Å²) in [5, 5.41) is 11.2. The highest BCUT2D eigenvalue weighted by Crippen LogP contribution is 2.25. The van der Waals surface area contributed by atoms with E-state index in [4.69, 9.17) is 4.52 Å². The number of nitrogens with one attached hydrogen (secondary N) is 1. The van der Waals surface area contributed by atoms with Gasteiger partial charge in [0.1, 0.15) is 17.0 Å². The fraction of sp³-hybridized carbons (Fsp3) is 0.136. The number of aryl methyl sites for hydroxylation is 1. The number of carbonyl (C=O) groups excluding carboxylic acids is 1. The van der Waals surface area contributed by atoms with Crippen LogP contribution in [0.1, 0.15) is 27.2 Å². The van der Waals surface area contributed by atoms with Crippen molar-refractivity contribution in [3.63, 3.8) is 0 Å². The van der Waals surface area contributed by atoms with Gasteiger partial charge in [0.25, 0.3) is 5.91 Å². The summed E-state index contributed by atoms with van der Waals surface area (Å²) in [6.07, 6.45) is 3.69. The van der Waals surface area contributed by atoms with Gasteiger partial charge >= 0.3 is 0 Å². The van der Waals surface area contributed by atoms with E-state index in [9.17, 15) is 4.79 Å². The molecule has 0 saturated carbocycles. The minimum atomic E-state index is -0.196. The van der Waals surface area contributed by atoms with Crippen molar-refractivity contribution in [2.75, 3.05) is 0 Å². The first-order valence-electron chi connectivity index (χ1n) is 9.06. The number of amides is 1. The summed E-state index contributed by atoms with van der Waals surface area (Å²) in [4.78, 5) is 12.7. The lowest BCUT2D eigenvalue weighted by Crippen LogP contribution is -2.23. The molecule has 0 atom stereocenters. The van der Waals surface area contributed by atoms with Crippen LogP contribution in [0.25, 0.3) is 11.3 Å². The van der Waals surface area contributed by atoms with Crippen molar-refractivity contribution < 1.29 is 9.32 Å². The lowest BCUT2D eigenvalue weighted by atomic mass is 10.1. The Morgan fingerprint density at radius 1 is 1.04 bits per heavy atom. The quantitative estimate of drug-likeness (QED) is 0.558. The van der Waals surface area contributed by atoms with Gasteiger partial charge in [-0.05, 0) is 24.1 Å². The van der Waals surface area contributed by atoms with E-state index in [-0.39, 0.29) is 5.91 Å². The van der Waals surface area contributed by atoms with Crippen molar-refractivity contribution in [2.45, 2.75) is 20.0 Å². The largest absolute Gasteiger partial charge is 0.360 e. The highest BCUT2D eigenvalue weighted by Gasteiger charge is 2.21. The molecule has 1 N–H and O–H groups in total. The first-order chi connectivity index (χ1) is 13.7. The van der Waals surface area contributed by atoms with Crippen LogP contribution in [0.4, 0.5) is 0 Å². The first kappa shape index (κ1) is 17.7. The maximum absolute atomic E-state index is 12.7. The molecule has 0 fully saturated rings. The number of rotatable bonds is 6. The Bertz CT molecular complexity index is 1050. The van der Waals surface area contributed by atoms with Crippen molar-refractivity contribution in [2.24, 2.45) is 0 Å². The van der Waals surface area contributed by atoms with Crippen molar-refractivity contribution >= 4 is 5.91 Å². The molecule has 6 nitrogen and oxygen atoms in total. The van der Waals surface area contributed by atoms with E-state index in [1.165, 1.54) is 0 Å². The van der Waals surface area contributed by atoms with Gasteiger partial charge in [0.05, 0.1) is 6.54 Å². The van der Waals surface area contributed by atoms with Crippen molar-refractivity contribution in [1.82, 2.24) is 20.3 Å². The van der Waals surface area contributed by atoms with Crippen LogP contribution in [0.3, 0.4) is 0 Å². The van der Waals surface area contributed by atoms with Crippen molar-refractivity contribution in [1.29, 1.82) is 0 Å². The lowest BCUT2D eigenvalue weighted by Gasteiger charge is -2.07. The first-order valence-corrected chi connectivity index (χ1v) is 9.06. The average Bonchev–Trinajstić information content (AvgIpc) is 3.37. The third-order valence-electron chi connectivity index (χ3n) is 4.52. The summed E-state index contributed by atoms with van der Waals surface area (Å²) in [5.74, 6) is 0.309. The van der Waals surface area contributed by atoms with Crippen LogP contribution in [0, 0.1) is 6.92 Å². The molecule has 28 heavy (non-hydrogen) atoms. The number of benzene rings is 2. The second-order valence-corrected chi connectivity index (χ2v) is 6.53. The van der Waals surface area contributed by atoms with Crippen LogP contribution in [0.2, 0.25) is 0 Å². The maximum Gasteiger partial charge on any atom is 0.257 e. The molecule has 0 aliphatic carbocycles. The summed E-state index contributed by atoms with van der Waals surface area (Å²) in [5.41, 5.74) is 4.06. The molecule has 0 aliphatic rings. The van der Waals surface area contributed by atoms with Crippen LogP contribution < -0.4 is 5.32 Å². The van der Waals surface area contributed by atoms with Crippen molar-refractivity contribution in [3.05, 3.63) is 95.5 Å². The van der Waals surface area contributed by atoms with E-state index in [0.717, 1.165) is 23.2 Å². The van der Waals surface area contributed by atoms with Gasteiger partial charge in [-0.3, -0.25) is 9.48 Å². The molecule has 0 saturated heterocycles. The Morgan fingerprint density at radius 2 is 1.79 bits per heavy atom. The number of hydrogen-bond acceptors (Lipinski definition) is 4. The predicted octanol–water partition coefficient (Wildman–Crippen LogP) is 3.82. The maximum atomic E-state index is 12.7. The van der Waals surface area contributed by atoms with Gasteiger partial charge in [0.2, 0.25) is 0 Å². The van der Waals surface area contributed by atoms with Crippen LogP contribution in [-0.2, 0) is 13.1 Å². The monoisotopic (exact) mass is 372 g/mol. The number of carbonyl (C=O) groups is 1. The topological polar surface area (TPSA) is 73.0 Å². The van der Waals surface area contributed by atoms with E-state index in [1.807, 2.05) is 71.5 Å². The fourth-order valence-electron chi connectivity index (χ4n) is 3.05. The van der Waals surface area contributed by atoms with Gasteiger partial charge in [-0.1, -0.05) is 59.8 Å². The predicted molar refractivity (Wildman–Crippen MR) is 106 cm³/mol. The third-order valence-corrected chi connectivity index (χ3v) is 4.52. The molecule has 2 heterocycles. The molecule has 1 amide bonds. The Morgan fingerprint density at radius 3 is 2.50 bits per heavy atom.